The smallest absolute Gasteiger partial charge is 0.317 e. The van der Waals surface area contributed by atoms with E-state index < -0.39 is 0 Å². The Morgan fingerprint density at radius 2 is 2.15 bits per heavy atom. The highest BCUT2D eigenvalue weighted by Gasteiger charge is 2.13. The molecule has 2 amide bonds. The van der Waals surface area contributed by atoms with E-state index in [0.717, 1.165) is 4.88 Å². The number of aromatic nitrogens is 1. The van der Waals surface area contributed by atoms with Gasteiger partial charge in [-0.1, -0.05) is 12.1 Å². The SMILES string of the molecule is Cc1ccsc1CN(C)C(=O)NCc1cccnc1Oc1cccc(F)c1. The number of nitrogens with zero attached hydrogens (tertiary/aromatic N) is 2. The van der Waals surface area contributed by atoms with Gasteiger partial charge in [-0.15, -0.1) is 11.3 Å². The van der Waals surface area contributed by atoms with E-state index in [9.17, 15) is 9.18 Å². The summed E-state index contributed by atoms with van der Waals surface area (Å²) in [6.07, 6.45) is 1.59. The molecule has 0 spiro atoms. The molecule has 140 valence electrons. The first kappa shape index (κ1) is 18.8. The third-order valence-electron chi connectivity index (χ3n) is 3.99. The maximum Gasteiger partial charge on any atom is 0.317 e. The number of carbonyl (C=O) groups is 1. The Labute approximate surface area is 161 Å². The molecular weight excluding hydrogens is 365 g/mol. The average molecular weight is 385 g/mol. The summed E-state index contributed by atoms with van der Waals surface area (Å²) in [5, 5.41) is 4.88. The fraction of sp³-hybridized carbons (Fsp3) is 0.200. The second kappa shape index (κ2) is 8.64. The minimum Gasteiger partial charge on any atom is -0.439 e. The second-order valence-electron chi connectivity index (χ2n) is 6.07. The lowest BCUT2D eigenvalue weighted by Gasteiger charge is -2.18. The third-order valence-corrected chi connectivity index (χ3v) is 4.99. The van der Waals surface area contributed by atoms with Gasteiger partial charge < -0.3 is 15.0 Å². The number of ether oxygens (including phenoxy) is 1. The zero-order valence-corrected chi connectivity index (χ0v) is 15.9. The molecule has 3 aromatic rings. The number of carbonyl (C=O) groups excluding carboxylic acids is 1. The van der Waals surface area contributed by atoms with Gasteiger partial charge in [-0.2, -0.15) is 0 Å². The number of nitrogens with one attached hydrogen (secondary N) is 1. The minimum absolute atomic E-state index is 0.191. The van der Waals surface area contributed by atoms with Crippen molar-refractivity contribution in [2.75, 3.05) is 7.05 Å². The Bertz CT molecular complexity index is 929. The molecule has 0 atom stereocenters. The Morgan fingerprint density at radius 1 is 1.30 bits per heavy atom. The molecule has 3 rings (SSSR count). The van der Waals surface area contributed by atoms with Crippen LogP contribution in [0.5, 0.6) is 11.6 Å². The number of urea groups is 1. The Morgan fingerprint density at radius 3 is 2.89 bits per heavy atom. The van der Waals surface area contributed by atoms with Crippen LogP contribution in [0.2, 0.25) is 0 Å². The summed E-state index contributed by atoms with van der Waals surface area (Å²) in [5.41, 5.74) is 1.88. The molecule has 5 nitrogen and oxygen atoms in total. The van der Waals surface area contributed by atoms with Gasteiger partial charge in [0, 0.05) is 36.3 Å². The quantitative estimate of drug-likeness (QED) is 0.668. The van der Waals surface area contributed by atoms with E-state index >= 15 is 0 Å². The van der Waals surface area contributed by atoms with Gasteiger partial charge in [0.05, 0.1) is 6.54 Å². The molecule has 7 heteroatoms. The number of amides is 2. The van der Waals surface area contributed by atoms with Crippen molar-refractivity contribution in [2.24, 2.45) is 0 Å². The summed E-state index contributed by atoms with van der Waals surface area (Å²) in [5.74, 6) is 0.301. The van der Waals surface area contributed by atoms with Crippen molar-refractivity contribution >= 4 is 17.4 Å². The van der Waals surface area contributed by atoms with E-state index in [4.69, 9.17) is 4.74 Å². The van der Waals surface area contributed by atoms with Gasteiger partial charge in [0.15, 0.2) is 0 Å². The van der Waals surface area contributed by atoms with Gasteiger partial charge in [-0.3, -0.25) is 0 Å². The predicted octanol–water partition coefficient (Wildman–Crippen LogP) is 4.72. The summed E-state index contributed by atoms with van der Waals surface area (Å²) in [7, 11) is 1.75. The van der Waals surface area contributed by atoms with E-state index in [1.165, 1.54) is 17.7 Å². The zero-order chi connectivity index (χ0) is 19.2. The number of thiophene rings is 1. The molecule has 0 saturated carbocycles. The lowest BCUT2D eigenvalue weighted by atomic mass is 10.2. The molecule has 0 bridgehead atoms. The van der Waals surface area contributed by atoms with Crippen LogP contribution in [0.4, 0.5) is 9.18 Å². The molecule has 0 fully saturated rings. The molecular formula is C20H20FN3O2S. The molecule has 0 radical (unpaired) electrons. The van der Waals surface area contributed by atoms with Crippen molar-refractivity contribution in [3.63, 3.8) is 0 Å². The number of benzene rings is 1. The van der Waals surface area contributed by atoms with Crippen LogP contribution < -0.4 is 10.1 Å². The number of pyridine rings is 1. The fourth-order valence-electron chi connectivity index (χ4n) is 2.45. The van der Waals surface area contributed by atoms with Crippen molar-refractivity contribution in [2.45, 2.75) is 20.0 Å². The highest BCUT2D eigenvalue weighted by Crippen LogP contribution is 2.23. The maximum absolute atomic E-state index is 13.3. The van der Waals surface area contributed by atoms with Gasteiger partial charge in [0.2, 0.25) is 5.88 Å². The Balaban J connectivity index is 1.62. The van der Waals surface area contributed by atoms with Crippen LogP contribution in [0.15, 0.2) is 54.0 Å². The van der Waals surface area contributed by atoms with E-state index in [1.807, 2.05) is 24.4 Å². The first-order chi connectivity index (χ1) is 13.0. The van der Waals surface area contributed by atoms with Crippen LogP contribution in [-0.2, 0) is 13.1 Å². The standard InChI is InChI=1S/C20H20FN3O2S/c1-14-8-10-27-18(14)13-24(2)20(25)23-12-15-5-4-9-22-19(15)26-17-7-3-6-16(21)11-17/h3-11H,12-13H2,1-2H3,(H,23,25). The summed E-state index contributed by atoms with van der Waals surface area (Å²) < 4.78 is 19.0. The summed E-state index contributed by atoms with van der Waals surface area (Å²) >= 11 is 1.63. The van der Waals surface area contributed by atoms with E-state index in [2.05, 4.69) is 10.3 Å². The molecule has 0 unspecified atom stereocenters. The van der Waals surface area contributed by atoms with Crippen LogP contribution in [-0.4, -0.2) is 23.0 Å². The molecule has 0 aliphatic rings. The normalized spacial score (nSPS) is 10.5. The molecule has 0 saturated heterocycles. The lowest BCUT2D eigenvalue weighted by Crippen LogP contribution is -2.36. The van der Waals surface area contributed by atoms with Gasteiger partial charge in [0.25, 0.3) is 0 Å². The average Bonchev–Trinajstić information content (AvgIpc) is 3.05. The summed E-state index contributed by atoms with van der Waals surface area (Å²) in [6.45, 7) is 2.84. The monoisotopic (exact) mass is 385 g/mol. The summed E-state index contributed by atoms with van der Waals surface area (Å²) in [6, 6.07) is 11.3. The second-order valence-corrected chi connectivity index (χ2v) is 7.07. The molecule has 0 aliphatic heterocycles. The van der Waals surface area contributed by atoms with E-state index in [-0.39, 0.29) is 18.4 Å². The molecule has 2 aromatic heterocycles. The summed E-state index contributed by atoms with van der Waals surface area (Å²) in [4.78, 5) is 19.4. The van der Waals surface area contributed by atoms with Crippen molar-refractivity contribution in [3.05, 3.63) is 75.9 Å². The number of aryl methyl sites for hydroxylation is 1. The van der Waals surface area contributed by atoms with Crippen molar-refractivity contribution in [3.8, 4) is 11.6 Å². The molecule has 27 heavy (non-hydrogen) atoms. The molecule has 1 N–H and O–H groups in total. The van der Waals surface area contributed by atoms with Crippen molar-refractivity contribution < 1.29 is 13.9 Å². The van der Waals surface area contributed by atoms with Crippen LogP contribution in [0.1, 0.15) is 16.0 Å². The van der Waals surface area contributed by atoms with Crippen LogP contribution >= 0.6 is 11.3 Å². The third kappa shape index (κ3) is 5.04. The fourth-order valence-corrected chi connectivity index (χ4v) is 3.41. The van der Waals surface area contributed by atoms with Crippen LogP contribution in [0.3, 0.4) is 0 Å². The molecule has 1 aromatic carbocycles. The topological polar surface area (TPSA) is 54.5 Å². The van der Waals surface area contributed by atoms with Gasteiger partial charge in [0.1, 0.15) is 11.6 Å². The minimum atomic E-state index is -0.385. The Kier molecular flexibility index (Phi) is 6.03. The lowest BCUT2D eigenvalue weighted by molar-refractivity contribution is 0.206. The number of hydrogen-bond acceptors (Lipinski definition) is 4. The number of halogens is 1. The van der Waals surface area contributed by atoms with Gasteiger partial charge >= 0.3 is 6.03 Å². The van der Waals surface area contributed by atoms with Gasteiger partial charge in [-0.05, 0) is 42.1 Å². The van der Waals surface area contributed by atoms with Crippen LogP contribution in [0.25, 0.3) is 0 Å². The molecule has 2 heterocycles. The number of hydrogen-bond donors (Lipinski definition) is 1. The Hall–Kier alpha value is -2.93. The first-order valence-corrected chi connectivity index (χ1v) is 9.30. The van der Waals surface area contributed by atoms with E-state index in [1.54, 1.807) is 47.7 Å². The highest BCUT2D eigenvalue weighted by atomic mass is 32.1. The van der Waals surface area contributed by atoms with E-state index in [0.29, 0.717) is 23.7 Å². The zero-order valence-electron chi connectivity index (χ0n) is 15.1. The highest BCUT2D eigenvalue weighted by molar-refractivity contribution is 7.10. The van der Waals surface area contributed by atoms with Crippen LogP contribution in [0, 0.1) is 12.7 Å². The van der Waals surface area contributed by atoms with Crippen molar-refractivity contribution in [1.29, 1.82) is 0 Å². The first-order valence-electron chi connectivity index (χ1n) is 8.42. The number of rotatable bonds is 6. The predicted molar refractivity (Wildman–Crippen MR) is 103 cm³/mol. The van der Waals surface area contributed by atoms with Gasteiger partial charge in [-0.25, -0.2) is 14.2 Å². The molecule has 0 aliphatic carbocycles. The maximum atomic E-state index is 13.3. The van der Waals surface area contributed by atoms with Crippen molar-refractivity contribution in [1.82, 2.24) is 15.2 Å². The largest absolute Gasteiger partial charge is 0.439 e.